The number of nitrogens with zero attached hydrogens (tertiary/aromatic N) is 1. The van der Waals surface area contributed by atoms with Gasteiger partial charge in [0, 0.05) is 31.7 Å². The van der Waals surface area contributed by atoms with Gasteiger partial charge in [0.05, 0.1) is 7.11 Å². The Labute approximate surface area is 125 Å². The zero-order valence-corrected chi connectivity index (χ0v) is 12.8. The Kier molecular flexibility index (Phi) is 6.68. The largest absolute Gasteiger partial charge is 0.469 e. The Bertz CT molecular complexity index is 489. The van der Waals surface area contributed by atoms with Crippen molar-refractivity contribution >= 4 is 17.7 Å². The Morgan fingerprint density at radius 3 is 2.76 bits per heavy atom. The molecular formula is C15H23N3O3. The first-order valence-electron chi connectivity index (χ1n) is 6.88. The van der Waals surface area contributed by atoms with Gasteiger partial charge in [-0.3, -0.25) is 4.79 Å². The van der Waals surface area contributed by atoms with Crippen LogP contribution in [0.3, 0.4) is 0 Å². The second-order valence-electron chi connectivity index (χ2n) is 4.95. The number of anilines is 1. The van der Waals surface area contributed by atoms with Crippen molar-refractivity contribution in [3.8, 4) is 0 Å². The van der Waals surface area contributed by atoms with Crippen LogP contribution in [-0.4, -0.2) is 37.6 Å². The van der Waals surface area contributed by atoms with Crippen molar-refractivity contribution in [3.05, 3.63) is 29.8 Å². The summed E-state index contributed by atoms with van der Waals surface area (Å²) in [6, 6.07) is 7.13. The van der Waals surface area contributed by atoms with E-state index in [0.717, 1.165) is 5.56 Å². The molecule has 0 fully saturated rings. The Balaban J connectivity index is 2.48. The van der Waals surface area contributed by atoms with Crippen LogP contribution in [0.15, 0.2) is 24.3 Å². The van der Waals surface area contributed by atoms with Crippen molar-refractivity contribution in [2.45, 2.75) is 25.8 Å². The number of urea groups is 1. The summed E-state index contributed by atoms with van der Waals surface area (Å²) in [7, 11) is 3.03. The van der Waals surface area contributed by atoms with Gasteiger partial charge in [0.25, 0.3) is 0 Å². The van der Waals surface area contributed by atoms with Gasteiger partial charge in [-0.05, 0) is 31.0 Å². The maximum absolute atomic E-state index is 12.0. The van der Waals surface area contributed by atoms with Crippen LogP contribution in [0.1, 0.15) is 31.4 Å². The molecule has 0 aromatic heterocycles. The van der Waals surface area contributed by atoms with Gasteiger partial charge < -0.3 is 20.7 Å². The Hall–Kier alpha value is -2.08. The molecule has 0 saturated carbocycles. The molecule has 1 rings (SSSR count). The number of hydrogen-bond acceptors (Lipinski definition) is 4. The number of benzene rings is 1. The maximum atomic E-state index is 12.0. The molecule has 2 amide bonds. The van der Waals surface area contributed by atoms with Crippen molar-refractivity contribution in [1.82, 2.24) is 4.90 Å². The fourth-order valence-electron chi connectivity index (χ4n) is 1.78. The molecule has 1 aromatic rings. The number of nitrogens with two attached hydrogens (primary N) is 1. The Morgan fingerprint density at radius 2 is 2.14 bits per heavy atom. The van der Waals surface area contributed by atoms with Crippen LogP contribution >= 0.6 is 0 Å². The number of nitrogens with one attached hydrogen (secondary N) is 1. The first-order chi connectivity index (χ1) is 9.93. The summed E-state index contributed by atoms with van der Waals surface area (Å²) in [4.78, 5) is 24.5. The van der Waals surface area contributed by atoms with Crippen molar-refractivity contribution in [2.75, 3.05) is 26.0 Å². The second-order valence-corrected chi connectivity index (χ2v) is 4.95. The standard InChI is InChI=1S/C15H23N3O3/c1-11(16)12-6-4-7-13(10-12)17-15(20)18(2)9-5-8-14(19)21-3/h4,6-7,10-11H,5,8-9,16H2,1-3H3,(H,17,20). The molecule has 0 spiro atoms. The first-order valence-corrected chi connectivity index (χ1v) is 6.88. The summed E-state index contributed by atoms with van der Waals surface area (Å²) in [6.45, 7) is 2.37. The molecule has 6 heteroatoms. The van der Waals surface area contributed by atoms with Crippen molar-refractivity contribution in [3.63, 3.8) is 0 Å². The molecule has 0 aliphatic heterocycles. The van der Waals surface area contributed by atoms with E-state index < -0.39 is 0 Å². The van der Waals surface area contributed by atoms with E-state index in [1.165, 1.54) is 12.0 Å². The molecule has 0 radical (unpaired) electrons. The number of hydrogen-bond donors (Lipinski definition) is 2. The first kappa shape index (κ1) is 17.0. The number of carbonyl (C=O) groups is 2. The van der Waals surface area contributed by atoms with E-state index in [1.54, 1.807) is 7.05 Å². The zero-order chi connectivity index (χ0) is 15.8. The van der Waals surface area contributed by atoms with Crippen LogP contribution in [0.25, 0.3) is 0 Å². The molecule has 0 heterocycles. The van der Waals surface area contributed by atoms with Crippen LogP contribution < -0.4 is 11.1 Å². The number of ether oxygens (including phenoxy) is 1. The van der Waals surface area contributed by atoms with Crippen LogP contribution in [0, 0.1) is 0 Å². The van der Waals surface area contributed by atoms with Crippen LogP contribution in [0.2, 0.25) is 0 Å². The van der Waals surface area contributed by atoms with Gasteiger partial charge >= 0.3 is 12.0 Å². The molecule has 3 N–H and O–H groups in total. The summed E-state index contributed by atoms with van der Waals surface area (Å²) >= 11 is 0. The topological polar surface area (TPSA) is 84.7 Å². The minimum Gasteiger partial charge on any atom is -0.469 e. The highest BCUT2D eigenvalue weighted by molar-refractivity contribution is 5.89. The number of carbonyl (C=O) groups excluding carboxylic acids is 2. The predicted molar refractivity (Wildman–Crippen MR) is 81.9 cm³/mol. The van der Waals surface area contributed by atoms with Gasteiger partial charge in [0.1, 0.15) is 0 Å². The molecule has 1 atom stereocenters. The number of amides is 2. The van der Waals surface area contributed by atoms with E-state index in [-0.39, 0.29) is 18.0 Å². The quantitative estimate of drug-likeness (QED) is 0.787. The molecule has 1 unspecified atom stereocenters. The minimum absolute atomic E-state index is 0.0837. The van der Waals surface area contributed by atoms with E-state index in [1.807, 2.05) is 31.2 Å². The van der Waals surface area contributed by atoms with Gasteiger partial charge in [-0.25, -0.2) is 4.79 Å². The third-order valence-corrected chi connectivity index (χ3v) is 3.11. The minimum atomic E-state index is -0.270. The lowest BCUT2D eigenvalue weighted by Crippen LogP contribution is -2.32. The monoisotopic (exact) mass is 293 g/mol. The average molecular weight is 293 g/mol. The van der Waals surface area contributed by atoms with Crippen molar-refractivity contribution in [2.24, 2.45) is 5.73 Å². The van der Waals surface area contributed by atoms with Crippen LogP contribution in [0.4, 0.5) is 10.5 Å². The van der Waals surface area contributed by atoms with E-state index in [2.05, 4.69) is 10.1 Å². The second kappa shape index (κ2) is 8.26. The molecule has 21 heavy (non-hydrogen) atoms. The van der Waals surface area contributed by atoms with Gasteiger partial charge in [-0.2, -0.15) is 0 Å². The number of esters is 1. The van der Waals surface area contributed by atoms with Gasteiger partial charge in [-0.1, -0.05) is 12.1 Å². The van der Waals surface area contributed by atoms with Gasteiger partial charge in [-0.15, -0.1) is 0 Å². The van der Waals surface area contributed by atoms with Crippen molar-refractivity contribution < 1.29 is 14.3 Å². The highest BCUT2D eigenvalue weighted by atomic mass is 16.5. The summed E-state index contributed by atoms with van der Waals surface area (Å²) in [5.74, 6) is -0.270. The zero-order valence-electron chi connectivity index (χ0n) is 12.8. The SMILES string of the molecule is COC(=O)CCCN(C)C(=O)Nc1cccc(C(C)N)c1. The maximum Gasteiger partial charge on any atom is 0.321 e. The van der Waals surface area contributed by atoms with Gasteiger partial charge in [0.2, 0.25) is 0 Å². The van der Waals surface area contributed by atoms with Gasteiger partial charge in [0.15, 0.2) is 0 Å². The molecule has 116 valence electrons. The fraction of sp³-hybridized carbons (Fsp3) is 0.467. The summed E-state index contributed by atoms with van der Waals surface area (Å²) in [5, 5.41) is 2.80. The highest BCUT2D eigenvalue weighted by Gasteiger charge is 2.10. The smallest absolute Gasteiger partial charge is 0.321 e. The summed E-state index contributed by atoms with van der Waals surface area (Å²) in [5.41, 5.74) is 7.48. The fourth-order valence-corrected chi connectivity index (χ4v) is 1.78. The molecule has 6 nitrogen and oxygen atoms in total. The highest BCUT2D eigenvalue weighted by Crippen LogP contribution is 2.15. The Morgan fingerprint density at radius 1 is 1.43 bits per heavy atom. The van der Waals surface area contributed by atoms with Crippen LogP contribution in [0.5, 0.6) is 0 Å². The molecule has 0 aliphatic carbocycles. The van der Waals surface area contributed by atoms with E-state index >= 15 is 0 Å². The third kappa shape index (κ3) is 5.83. The van der Waals surface area contributed by atoms with Crippen LogP contribution in [-0.2, 0) is 9.53 Å². The summed E-state index contributed by atoms with van der Waals surface area (Å²) in [6.07, 6.45) is 0.866. The normalized spacial score (nSPS) is 11.6. The van der Waals surface area contributed by atoms with Crippen molar-refractivity contribution in [1.29, 1.82) is 0 Å². The average Bonchev–Trinajstić information content (AvgIpc) is 2.47. The summed E-state index contributed by atoms with van der Waals surface area (Å²) < 4.78 is 4.55. The van der Waals surface area contributed by atoms with E-state index in [4.69, 9.17) is 5.73 Å². The lowest BCUT2D eigenvalue weighted by Gasteiger charge is -2.18. The lowest BCUT2D eigenvalue weighted by molar-refractivity contribution is -0.140. The molecule has 0 bridgehead atoms. The molecule has 0 aliphatic rings. The number of methoxy groups -OCH3 is 1. The van der Waals surface area contributed by atoms with E-state index in [9.17, 15) is 9.59 Å². The number of rotatable bonds is 6. The third-order valence-electron chi connectivity index (χ3n) is 3.11. The molecule has 0 saturated heterocycles. The lowest BCUT2D eigenvalue weighted by atomic mass is 10.1. The van der Waals surface area contributed by atoms with E-state index in [0.29, 0.717) is 25.1 Å². The molecular weight excluding hydrogens is 270 g/mol. The predicted octanol–water partition coefficient (Wildman–Crippen LogP) is 2.12. The molecule has 1 aromatic carbocycles.